The lowest BCUT2D eigenvalue weighted by atomic mass is 9.82. The molecule has 2 nitrogen and oxygen atoms in total. The Morgan fingerprint density at radius 3 is 2.24 bits per heavy atom. The monoisotopic (exact) mass is 502 g/mol. The van der Waals surface area contributed by atoms with E-state index in [0.29, 0.717) is 0 Å². The van der Waals surface area contributed by atoms with Gasteiger partial charge in [0, 0.05) is 13.5 Å². The third kappa shape index (κ3) is 5.30. The van der Waals surface area contributed by atoms with Crippen molar-refractivity contribution in [1.29, 1.82) is 0 Å². The highest BCUT2D eigenvalue weighted by Gasteiger charge is 2.35. The molecule has 0 atom stereocenters. The quantitative estimate of drug-likeness (QED) is 0.349. The van der Waals surface area contributed by atoms with Gasteiger partial charge < -0.3 is 0 Å². The zero-order valence-corrected chi connectivity index (χ0v) is 21.4. The summed E-state index contributed by atoms with van der Waals surface area (Å²) < 4.78 is 1.29. The van der Waals surface area contributed by atoms with Crippen molar-refractivity contribution in [1.82, 2.24) is 5.01 Å². The predicted octanol–water partition coefficient (Wildman–Crippen LogP) is 8.54. The molecule has 2 saturated carbocycles. The Balaban J connectivity index is 1.17. The average molecular weight is 504 g/mol. The van der Waals surface area contributed by atoms with Crippen LogP contribution in [0.5, 0.6) is 0 Å². The molecule has 0 aromatic heterocycles. The highest BCUT2D eigenvalue weighted by Crippen LogP contribution is 2.47. The number of benzene rings is 2. The first kappa shape index (κ1) is 22.5. The number of hydrogen-bond donors (Lipinski definition) is 0. The van der Waals surface area contributed by atoms with E-state index in [1.54, 1.807) is 11.1 Å². The van der Waals surface area contributed by atoms with Crippen molar-refractivity contribution in [3.8, 4) is 0 Å². The minimum Gasteiger partial charge on any atom is -0.286 e. The van der Waals surface area contributed by atoms with Crippen LogP contribution in [-0.2, 0) is 6.42 Å². The van der Waals surface area contributed by atoms with Gasteiger partial charge in [-0.3, -0.25) is 10.0 Å². The maximum Gasteiger partial charge on any atom is 0.0785 e. The second-order valence-electron chi connectivity index (χ2n) is 9.77. The van der Waals surface area contributed by atoms with Gasteiger partial charge in [-0.05, 0) is 96.5 Å². The maximum absolute atomic E-state index is 3.98. The van der Waals surface area contributed by atoms with Gasteiger partial charge in [0.05, 0.1) is 21.6 Å². The molecular formula is C30H35BrN2. The number of hydrogen-bond acceptors (Lipinski definition) is 2. The van der Waals surface area contributed by atoms with Crippen molar-refractivity contribution in [2.45, 2.75) is 64.2 Å². The zero-order valence-electron chi connectivity index (χ0n) is 19.8. The first-order valence-corrected chi connectivity index (χ1v) is 13.4. The first-order chi connectivity index (χ1) is 16.2. The molecule has 5 rings (SSSR count). The predicted molar refractivity (Wildman–Crippen MR) is 143 cm³/mol. The van der Waals surface area contributed by atoms with Crippen LogP contribution in [0.15, 0.2) is 93.8 Å². The van der Waals surface area contributed by atoms with Gasteiger partial charge in [-0.15, -0.1) is 0 Å². The lowest BCUT2D eigenvalue weighted by Crippen LogP contribution is -2.33. The Kier molecular flexibility index (Phi) is 7.06. The topological polar surface area (TPSA) is 6.48 Å². The molecular weight excluding hydrogens is 468 g/mol. The molecule has 0 radical (unpaired) electrons. The molecule has 3 aliphatic rings. The summed E-state index contributed by atoms with van der Waals surface area (Å²) in [5.74, 6) is 0.908. The molecule has 2 aliphatic carbocycles. The molecule has 1 aliphatic heterocycles. The molecule has 0 N–H and O–H groups in total. The van der Waals surface area contributed by atoms with Crippen LogP contribution in [0.4, 0.5) is 5.69 Å². The van der Waals surface area contributed by atoms with Crippen molar-refractivity contribution in [3.05, 3.63) is 99.3 Å². The van der Waals surface area contributed by atoms with Crippen molar-refractivity contribution in [2.75, 3.05) is 12.1 Å². The van der Waals surface area contributed by atoms with E-state index in [0.717, 1.165) is 12.3 Å². The van der Waals surface area contributed by atoms with Gasteiger partial charge in [0.25, 0.3) is 0 Å². The molecule has 0 unspecified atom stereocenters. The molecule has 0 spiro atoms. The lowest BCUT2D eigenvalue weighted by Gasteiger charge is -2.31. The Labute approximate surface area is 207 Å². The van der Waals surface area contributed by atoms with Crippen LogP contribution < -0.4 is 5.01 Å². The van der Waals surface area contributed by atoms with E-state index in [-0.39, 0.29) is 0 Å². The summed E-state index contributed by atoms with van der Waals surface area (Å²) in [6, 6.07) is 21.7. The van der Waals surface area contributed by atoms with Crippen molar-refractivity contribution in [2.24, 2.45) is 5.92 Å². The van der Waals surface area contributed by atoms with Gasteiger partial charge in [0.1, 0.15) is 0 Å². The standard InChI is InChI=1S/C30H35BrN2/c1-32-28(29(31)30(26-20-21-26)33(32)27-13-6-3-7-14-27)22-19-25-17-15-24(16-18-25)12-8-11-23-9-4-2-5-10-23/h2-7,9-10,13-14,19,24H,8,11-12,15-18,20-22H2,1H3. The van der Waals surface area contributed by atoms with E-state index < -0.39 is 0 Å². The van der Waals surface area contributed by atoms with Crippen LogP contribution in [0.25, 0.3) is 0 Å². The maximum atomic E-state index is 3.98. The van der Waals surface area contributed by atoms with Crippen LogP contribution in [0.2, 0.25) is 0 Å². The SMILES string of the molecule is CN1C(CC=C2CCC(CCCc3ccccc3)CC2)=C(Br)C(=C2CC2)N1c1ccccc1. The number of halogens is 1. The van der Waals surface area contributed by atoms with Gasteiger partial charge in [-0.1, -0.05) is 66.6 Å². The van der Waals surface area contributed by atoms with Gasteiger partial charge in [-0.25, -0.2) is 0 Å². The van der Waals surface area contributed by atoms with Gasteiger partial charge in [-0.2, -0.15) is 0 Å². The minimum absolute atomic E-state index is 0.908. The highest BCUT2D eigenvalue weighted by atomic mass is 79.9. The first-order valence-electron chi connectivity index (χ1n) is 12.6. The zero-order chi connectivity index (χ0) is 22.6. The third-order valence-electron chi connectivity index (χ3n) is 7.45. The van der Waals surface area contributed by atoms with E-state index in [2.05, 4.69) is 99.7 Å². The van der Waals surface area contributed by atoms with E-state index in [1.165, 1.54) is 84.9 Å². The fraction of sp³-hybridized carbons (Fsp3) is 0.400. The Hall–Kier alpha value is -2.26. The molecule has 3 heteroatoms. The van der Waals surface area contributed by atoms with Crippen LogP contribution in [0.3, 0.4) is 0 Å². The number of para-hydroxylation sites is 1. The molecule has 0 bridgehead atoms. The van der Waals surface area contributed by atoms with Gasteiger partial charge in [0.2, 0.25) is 0 Å². The minimum atomic E-state index is 0.908. The Morgan fingerprint density at radius 2 is 1.58 bits per heavy atom. The van der Waals surface area contributed by atoms with Crippen LogP contribution in [0.1, 0.15) is 63.4 Å². The summed E-state index contributed by atoms with van der Waals surface area (Å²) in [6.07, 6.45) is 15.2. The molecule has 2 aromatic carbocycles. The van der Waals surface area contributed by atoms with E-state index in [4.69, 9.17) is 0 Å². The van der Waals surface area contributed by atoms with Crippen LogP contribution in [0, 0.1) is 5.92 Å². The molecule has 33 heavy (non-hydrogen) atoms. The summed E-state index contributed by atoms with van der Waals surface area (Å²) in [6.45, 7) is 0. The van der Waals surface area contributed by atoms with E-state index >= 15 is 0 Å². The molecule has 0 amide bonds. The molecule has 2 aromatic rings. The van der Waals surface area contributed by atoms with Gasteiger partial charge in [0.15, 0.2) is 0 Å². The number of anilines is 1. The Bertz CT molecular complexity index is 1040. The number of allylic oxidation sites excluding steroid dienone is 4. The number of nitrogens with zero attached hydrogens (tertiary/aromatic N) is 2. The third-order valence-corrected chi connectivity index (χ3v) is 8.28. The highest BCUT2D eigenvalue weighted by molar-refractivity contribution is 9.12. The number of rotatable bonds is 7. The van der Waals surface area contributed by atoms with Crippen molar-refractivity contribution < 1.29 is 0 Å². The summed E-state index contributed by atoms with van der Waals surface area (Å²) >= 11 is 3.98. The largest absolute Gasteiger partial charge is 0.286 e. The lowest BCUT2D eigenvalue weighted by molar-refractivity contribution is 0.373. The number of hydrazine groups is 1. The molecule has 172 valence electrons. The van der Waals surface area contributed by atoms with E-state index in [9.17, 15) is 0 Å². The second kappa shape index (κ2) is 10.3. The fourth-order valence-electron chi connectivity index (χ4n) is 5.36. The molecule has 1 heterocycles. The average Bonchev–Trinajstić information content (AvgIpc) is 3.66. The van der Waals surface area contributed by atoms with Crippen LogP contribution >= 0.6 is 15.9 Å². The normalized spacial score (nSPS) is 20.7. The fourth-order valence-corrected chi connectivity index (χ4v) is 6.23. The Morgan fingerprint density at radius 1 is 0.909 bits per heavy atom. The summed E-state index contributed by atoms with van der Waals surface area (Å²) in [5, 5.41) is 4.75. The van der Waals surface area contributed by atoms with Crippen molar-refractivity contribution >= 4 is 21.6 Å². The summed E-state index contributed by atoms with van der Waals surface area (Å²) in [4.78, 5) is 0. The number of aryl methyl sites for hydroxylation is 1. The second-order valence-corrected chi connectivity index (χ2v) is 10.6. The summed E-state index contributed by atoms with van der Waals surface area (Å²) in [5.41, 5.74) is 8.71. The van der Waals surface area contributed by atoms with Crippen molar-refractivity contribution in [3.63, 3.8) is 0 Å². The van der Waals surface area contributed by atoms with E-state index in [1.807, 2.05) is 0 Å². The van der Waals surface area contributed by atoms with Crippen LogP contribution in [-0.4, -0.2) is 12.1 Å². The molecule has 0 saturated heterocycles. The summed E-state index contributed by atoms with van der Waals surface area (Å²) in [7, 11) is 2.21. The smallest absolute Gasteiger partial charge is 0.0785 e. The molecule has 2 fully saturated rings. The van der Waals surface area contributed by atoms with Gasteiger partial charge >= 0.3 is 0 Å².